The standard InChI is InChI=1S/C28H34N2S.C2H6/c1-6-27(5)10-9-26(3,4)22-17-21(19(2)15-23(22)27)28(11-12-28)24-8-7-20(18-30-24)16-25-29-13-14-31-25;1-2/h7-8,13-15,17-18H,6,9-12,16H2,1-5H3;1-2H3. The van der Waals surface area contributed by atoms with Gasteiger partial charge in [0.2, 0.25) is 0 Å². The highest BCUT2D eigenvalue weighted by Gasteiger charge is 2.49. The lowest BCUT2D eigenvalue weighted by molar-refractivity contribution is 0.304. The Bertz CT molecular complexity index is 1090. The zero-order valence-corrected chi connectivity index (χ0v) is 22.4. The van der Waals surface area contributed by atoms with E-state index in [-0.39, 0.29) is 10.8 Å². The minimum Gasteiger partial charge on any atom is -0.260 e. The van der Waals surface area contributed by atoms with Crippen LogP contribution in [0.2, 0.25) is 0 Å². The molecule has 2 aromatic heterocycles. The summed E-state index contributed by atoms with van der Waals surface area (Å²) in [5.74, 6) is 0. The molecule has 0 N–H and O–H groups in total. The van der Waals surface area contributed by atoms with Crippen LogP contribution >= 0.6 is 11.3 Å². The SMILES string of the molecule is CC.CCC1(C)CCC(C)(C)c2cc(C3(c4ccc(Cc5nccs5)cn4)CC3)c(C)cc21. The third kappa shape index (κ3) is 4.30. The fourth-order valence-electron chi connectivity index (χ4n) is 5.62. The van der Waals surface area contributed by atoms with Crippen LogP contribution in [-0.2, 0) is 22.7 Å². The van der Waals surface area contributed by atoms with E-state index < -0.39 is 0 Å². The van der Waals surface area contributed by atoms with Crippen LogP contribution < -0.4 is 0 Å². The summed E-state index contributed by atoms with van der Waals surface area (Å²) in [4.78, 5) is 9.40. The Morgan fingerprint density at radius 1 is 0.909 bits per heavy atom. The highest BCUT2D eigenvalue weighted by atomic mass is 32.1. The van der Waals surface area contributed by atoms with Crippen LogP contribution in [-0.4, -0.2) is 9.97 Å². The number of aryl methyl sites for hydroxylation is 1. The number of pyridine rings is 1. The summed E-state index contributed by atoms with van der Waals surface area (Å²) in [6.07, 6.45) is 11.0. The number of aromatic nitrogens is 2. The van der Waals surface area contributed by atoms with Crippen molar-refractivity contribution < 1.29 is 0 Å². The lowest BCUT2D eigenvalue weighted by Crippen LogP contribution is -2.36. The average molecular weight is 461 g/mol. The lowest BCUT2D eigenvalue weighted by atomic mass is 9.60. The molecule has 1 aromatic carbocycles. The first-order chi connectivity index (χ1) is 15.8. The first-order valence-corrected chi connectivity index (χ1v) is 13.7. The van der Waals surface area contributed by atoms with Crippen LogP contribution in [0.5, 0.6) is 0 Å². The van der Waals surface area contributed by atoms with Gasteiger partial charge in [-0.25, -0.2) is 4.98 Å². The van der Waals surface area contributed by atoms with Gasteiger partial charge in [0.15, 0.2) is 0 Å². The van der Waals surface area contributed by atoms with E-state index in [1.165, 1.54) is 54.5 Å². The van der Waals surface area contributed by atoms with Gasteiger partial charge in [0.25, 0.3) is 0 Å². The molecule has 1 atom stereocenters. The minimum atomic E-state index is 0.106. The van der Waals surface area contributed by atoms with E-state index in [0.29, 0.717) is 5.41 Å². The predicted molar refractivity (Wildman–Crippen MR) is 142 cm³/mol. The first kappa shape index (κ1) is 24.1. The molecule has 0 saturated heterocycles. The van der Waals surface area contributed by atoms with E-state index in [9.17, 15) is 0 Å². The van der Waals surface area contributed by atoms with Crippen molar-refractivity contribution >= 4 is 11.3 Å². The Labute approximate surface area is 204 Å². The zero-order chi connectivity index (χ0) is 23.9. The fourth-order valence-corrected chi connectivity index (χ4v) is 6.27. The maximum absolute atomic E-state index is 4.98. The molecule has 1 saturated carbocycles. The van der Waals surface area contributed by atoms with Gasteiger partial charge in [0.05, 0.1) is 10.7 Å². The number of fused-ring (bicyclic) bond motifs is 1. The molecule has 2 aliphatic rings. The van der Waals surface area contributed by atoms with Gasteiger partial charge in [-0.3, -0.25) is 4.98 Å². The van der Waals surface area contributed by atoms with Crippen molar-refractivity contribution in [3.8, 4) is 0 Å². The monoisotopic (exact) mass is 460 g/mol. The third-order valence-corrected chi connectivity index (χ3v) is 9.03. The zero-order valence-electron chi connectivity index (χ0n) is 21.6. The van der Waals surface area contributed by atoms with Crippen molar-refractivity contribution in [2.24, 2.45) is 0 Å². The average Bonchev–Trinajstić information content (AvgIpc) is 3.47. The molecule has 0 bridgehead atoms. The van der Waals surface area contributed by atoms with Crippen molar-refractivity contribution in [2.45, 2.75) is 103 Å². The van der Waals surface area contributed by atoms with Crippen molar-refractivity contribution in [3.63, 3.8) is 0 Å². The van der Waals surface area contributed by atoms with Gasteiger partial charge in [-0.2, -0.15) is 0 Å². The second-order valence-electron chi connectivity index (χ2n) is 10.7. The summed E-state index contributed by atoms with van der Waals surface area (Å²) in [5.41, 5.74) is 9.28. The van der Waals surface area contributed by atoms with Crippen LogP contribution in [0.3, 0.4) is 0 Å². The molecule has 0 amide bonds. The first-order valence-electron chi connectivity index (χ1n) is 12.8. The largest absolute Gasteiger partial charge is 0.260 e. The van der Waals surface area contributed by atoms with Gasteiger partial charge in [0, 0.05) is 29.6 Å². The number of hydrogen-bond acceptors (Lipinski definition) is 3. The predicted octanol–water partition coefficient (Wildman–Crippen LogP) is 8.28. The van der Waals surface area contributed by atoms with E-state index in [4.69, 9.17) is 4.98 Å². The molecule has 1 fully saturated rings. The number of benzene rings is 1. The van der Waals surface area contributed by atoms with E-state index in [2.05, 4.69) is 70.1 Å². The molecular weight excluding hydrogens is 420 g/mol. The minimum absolute atomic E-state index is 0.106. The van der Waals surface area contributed by atoms with Gasteiger partial charge in [-0.1, -0.05) is 59.7 Å². The summed E-state index contributed by atoms with van der Waals surface area (Å²) in [5, 5.41) is 3.20. The van der Waals surface area contributed by atoms with Crippen LogP contribution in [0.1, 0.15) is 112 Å². The summed E-state index contributed by atoms with van der Waals surface area (Å²) in [6.45, 7) is 16.0. The molecule has 33 heavy (non-hydrogen) atoms. The van der Waals surface area contributed by atoms with Crippen LogP contribution in [0, 0.1) is 6.92 Å². The van der Waals surface area contributed by atoms with Crippen LogP contribution in [0.4, 0.5) is 0 Å². The van der Waals surface area contributed by atoms with Crippen molar-refractivity contribution in [1.82, 2.24) is 9.97 Å². The smallest absolute Gasteiger partial charge is 0.0969 e. The van der Waals surface area contributed by atoms with E-state index in [0.717, 1.165) is 11.4 Å². The van der Waals surface area contributed by atoms with Gasteiger partial charge in [-0.15, -0.1) is 11.3 Å². The van der Waals surface area contributed by atoms with E-state index in [1.807, 2.05) is 25.4 Å². The maximum Gasteiger partial charge on any atom is 0.0969 e. The summed E-state index contributed by atoms with van der Waals surface area (Å²) >= 11 is 1.71. The molecule has 0 radical (unpaired) electrons. The molecule has 176 valence electrons. The van der Waals surface area contributed by atoms with Gasteiger partial charge < -0.3 is 0 Å². The topological polar surface area (TPSA) is 25.8 Å². The van der Waals surface area contributed by atoms with Crippen LogP contribution in [0.25, 0.3) is 0 Å². The molecule has 2 nitrogen and oxygen atoms in total. The second-order valence-corrected chi connectivity index (χ2v) is 11.7. The van der Waals surface area contributed by atoms with Crippen molar-refractivity contribution in [1.29, 1.82) is 0 Å². The Kier molecular flexibility index (Phi) is 6.57. The molecule has 2 aliphatic carbocycles. The molecule has 0 spiro atoms. The number of nitrogens with zero attached hydrogens (tertiary/aromatic N) is 2. The summed E-state index contributed by atoms with van der Waals surface area (Å²) in [6, 6.07) is 9.65. The summed E-state index contributed by atoms with van der Waals surface area (Å²) in [7, 11) is 0. The number of rotatable bonds is 5. The Morgan fingerprint density at radius 2 is 1.67 bits per heavy atom. The van der Waals surface area contributed by atoms with Gasteiger partial charge in [0.1, 0.15) is 0 Å². The molecule has 2 heterocycles. The van der Waals surface area contributed by atoms with Crippen molar-refractivity contribution in [3.05, 3.63) is 80.6 Å². The molecule has 3 aromatic rings. The van der Waals surface area contributed by atoms with Gasteiger partial charge >= 0.3 is 0 Å². The fraction of sp³-hybridized carbons (Fsp3) is 0.533. The van der Waals surface area contributed by atoms with E-state index in [1.54, 1.807) is 22.5 Å². The Balaban J connectivity index is 0.00000126. The molecule has 3 heteroatoms. The summed E-state index contributed by atoms with van der Waals surface area (Å²) < 4.78 is 0. The Morgan fingerprint density at radius 3 is 2.24 bits per heavy atom. The normalized spacial score (nSPS) is 22.2. The quantitative estimate of drug-likeness (QED) is 0.383. The van der Waals surface area contributed by atoms with Crippen molar-refractivity contribution in [2.75, 3.05) is 0 Å². The lowest BCUT2D eigenvalue weighted by Gasteiger charge is -2.44. The molecule has 1 unspecified atom stereocenters. The highest BCUT2D eigenvalue weighted by molar-refractivity contribution is 7.09. The van der Waals surface area contributed by atoms with E-state index >= 15 is 0 Å². The Hall–Kier alpha value is -2.00. The van der Waals surface area contributed by atoms with Crippen LogP contribution in [0.15, 0.2) is 42.0 Å². The molecule has 5 rings (SSSR count). The highest BCUT2D eigenvalue weighted by Crippen LogP contribution is 2.56. The number of thiazole rings is 1. The molecular formula is C30H40N2S. The molecule has 0 aliphatic heterocycles. The van der Waals surface area contributed by atoms with Gasteiger partial charge in [-0.05, 0) is 83.7 Å². The second kappa shape index (κ2) is 8.98. The maximum atomic E-state index is 4.98. The third-order valence-electron chi connectivity index (χ3n) is 8.25. The number of hydrogen-bond donors (Lipinski definition) is 0.